The van der Waals surface area contributed by atoms with Crippen LogP contribution in [0.3, 0.4) is 0 Å². The Labute approximate surface area is 308 Å². The fourth-order valence-electron chi connectivity index (χ4n) is 5.57. The second kappa shape index (κ2) is 13.6. The van der Waals surface area contributed by atoms with Crippen molar-refractivity contribution in [2.24, 2.45) is 0 Å². The molecule has 0 amide bonds. The lowest BCUT2D eigenvalue weighted by Crippen LogP contribution is -2.41. The van der Waals surface area contributed by atoms with Crippen LogP contribution in [0.2, 0.25) is 0 Å². The average Bonchev–Trinajstić information content (AvgIpc) is 3.46. The second-order valence-corrected chi connectivity index (χ2v) is 17.4. The van der Waals surface area contributed by atoms with Crippen molar-refractivity contribution >= 4 is 64.3 Å². The summed E-state index contributed by atoms with van der Waals surface area (Å²) in [5.74, 6) is 0. The fraction of sp³-hybridized carbons (Fsp3) is 0.526. The van der Waals surface area contributed by atoms with Crippen molar-refractivity contribution in [2.45, 2.75) is 131 Å². The SMILES string of the molecule is CC1(C)OB(B2OC(C)(C)C(C)(C)O2)OC1(C)C.Cc1ccc2cc(B3OC(C)(C)C(C)(C)O3)ccc2n1.Cc1ccc2cc(Br)ccc2n1. The highest BCUT2D eigenvalue weighted by Gasteiger charge is 2.63. The van der Waals surface area contributed by atoms with Crippen molar-refractivity contribution in [2.75, 3.05) is 0 Å². The van der Waals surface area contributed by atoms with Crippen LogP contribution < -0.4 is 5.46 Å². The molecule has 0 spiro atoms. The lowest BCUT2D eigenvalue weighted by Gasteiger charge is -2.32. The summed E-state index contributed by atoms with van der Waals surface area (Å²) in [5, 5.41) is 2.29. The molecule has 8 nitrogen and oxygen atoms in total. The molecular formula is C38H52B3BrN2O6. The molecule has 3 aliphatic heterocycles. The first-order valence-corrected chi connectivity index (χ1v) is 18.2. The summed E-state index contributed by atoms with van der Waals surface area (Å²) in [5.41, 5.74) is 3.14. The number of halogens is 1. The molecule has 2 aromatic heterocycles. The summed E-state index contributed by atoms with van der Waals surface area (Å²) in [4.78, 5) is 8.91. The third-order valence-corrected chi connectivity index (χ3v) is 11.4. The Hall–Kier alpha value is -2.31. The van der Waals surface area contributed by atoms with Gasteiger partial charge in [0, 0.05) is 21.2 Å². The Morgan fingerprint density at radius 3 is 1.24 bits per heavy atom. The standard InChI is InChI=1S/C16H20BNO2.C12H24B2O4.C10H8BrN/c1-11-6-7-12-10-13(8-9-14(12)18-11)17-19-15(2,3)16(4,5)20-17;1-9(2)10(3,4)16-13(15-9)14-17-11(5,6)12(7,8)18-14;1-7-2-3-8-6-9(11)4-5-10(8)12-7/h6-10H,1-5H3;1-8H3;2-6H,1H3. The normalized spacial score (nSPS) is 22.3. The van der Waals surface area contributed by atoms with Crippen LogP contribution in [-0.4, -0.2) is 64.7 Å². The van der Waals surface area contributed by atoms with E-state index in [9.17, 15) is 0 Å². The summed E-state index contributed by atoms with van der Waals surface area (Å²) >= 11 is 3.42. The van der Waals surface area contributed by atoms with Crippen LogP contribution in [0.5, 0.6) is 0 Å². The maximum atomic E-state index is 6.08. The minimum atomic E-state index is -0.476. The largest absolute Gasteiger partial charge is 0.494 e. The first-order chi connectivity index (χ1) is 22.9. The molecule has 50 heavy (non-hydrogen) atoms. The van der Waals surface area contributed by atoms with E-state index in [4.69, 9.17) is 27.9 Å². The monoisotopic (exact) mass is 744 g/mol. The molecule has 0 aliphatic carbocycles. The van der Waals surface area contributed by atoms with Gasteiger partial charge in [-0.05, 0) is 144 Å². The molecule has 7 rings (SSSR count). The topological polar surface area (TPSA) is 81.2 Å². The van der Waals surface area contributed by atoms with E-state index in [1.807, 2.05) is 106 Å². The Bertz CT molecular complexity index is 1740. The van der Waals surface area contributed by atoms with Crippen LogP contribution in [0, 0.1) is 13.8 Å². The number of pyridine rings is 2. The van der Waals surface area contributed by atoms with Crippen LogP contribution in [0.4, 0.5) is 0 Å². The predicted molar refractivity (Wildman–Crippen MR) is 209 cm³/mol. The van der Waals surface area contributed by atoms with Crippen LogP contribution in [0.1, 0.15) is 94.5 Å². The number of hydrogen-bond donors (Lipinski definition) is 0. The van der Waals surface area contributed by atoms with Gasteiger partial charge in [0.05, 0.1) is 44.6 Å². The molecule has 3 aliphatic rings. The van der Waals surface area contributed by atoms with Gasteiger partial charge in [0.2, 0.25) is 0 Å². The van der Waals surface area contributed by atoms with Crippen molar-refractivity contribution in [3.63, 3.8) is 0 Å². The van der Waals surface area contributed by atoms with Gasteiger partial charge in [0.25, 0.3) is 0 Å². The summed E-state index contributed by atoms with van der Waals surface area (Å²) < 4.78 is 37.1. The van der Waals surface area contributed by atoms with Crippen molar-refractivity contribution in [1.82, 2.24) is 9.97 Å². The molecule has 4 aromatic rings. The zero-order chi connectivity index (χ0) is 37.1. The van der Waals surface area contributed by atoms with Crippen molar-refractivity contribution in [3.05, 3.63) is 76.5 Å². The number of rotatable bonds is 2. The molecule has 0 N–H and O–H groups in total. The van der Waals surface area contributed by atoms with Gasteiger partial charge >= 0.3 is 21.1 Å². The predicted octanol–water partition coefficient (Wildman–Crippen LogP) is 8.40. The van der Waals surface area contributed by atoms with Gasteiger partial charge in [-0.15, -0.1) is 0 Å². The van der Waals surface area contributed by atoms with Crippen molar-refractivity contribution < 1.29 is 27.9 Å². The fourth-order valence-corrected chi connectivity index (χ4v) is 5.95. The number of benzene rings is 2. The Morgan fingerprint density at radius 1 is 0.460 bits per heavy atom. The van der Waals surface area contributed by atoms with Gasteiger partial charge < -0.3 is 27.9 Å². The minimum Gasteiger partial charge on any atom is -0.405 e. The maximum absolute atomic E-state index is 6.08. The van der Waals surface area contributed by atoms with Gasteiger partial charge in [0.15, 0.2) is 0 Å². The molecule has 0 unspecified atom stereocenters. The average molecular weight is 745 g/mol. The lowest BCUT2D eigenvalue weighted by atomic mass is 9.49. The first-order valence-electron chi connectivity index (χ1n) is 17.4. The van der Waals surface area contributed by atoms with Crippen molar-refractivity contribution in [1.29, 1.82) is 0 Å². The third kappa shape index (κ3) is 8.02. The summed E-state index contributed by atoms with van der Waals surface area (Å²) in [6.07, 6.45) is 0. The highest BCUT2D eigenvalue weighted by Crippen LogP contribution is 2.43. The van der Waals surface area contributed by atoms with Crippen LogP contribution in [0.25, 0.3) is 21.8 Å². The van der Waals surface area contributed by atoms with E-state index >= 15 is 0 Å². The maximum Gasteiger partial charge on any atom is 0.494 e. The number of aryl methyl sites for hydroxylation is 2. The molecule has 3 fully saturated rings. The number of aromatic nitrogens is 2. The zero-order valence-corrected chi connectivity index (χ0v) is 33.8. The Kier molecular flexibility index (Phi) is 10.6. The highest BCUT2D eigenvalue weighted by atomic mass is 79.9. The van der Waals surface area contributed by atoms with Gasteiger partial charge in [-0.2, -0.15) is 0 Å². The molecule has 0 saturated carbocycles. The lowest BCUT2D eigenvalue weighted by molar-refractivity contribution is 0.00578. The highest BCUT2D eigenvalue weighted by molar-refractivity contribution is 9.10. The van der Waals surface area contributed by atoms with Crippen LogP contribution in [-0.2, 0) is 27.9 Å². The Balaban J connectivity index is 0.000000150. The summed E-state index contributed by atoms with van der Waals surface area (Å²) in [6, 6.07) is 20.5. The van der Waals surface area contributed by atoms with Gasteiger partial charge in [-0.25, -0.2) is 0 Å². The molecule has 3 saturated heterocycles. The zero-order valence-electron chi connectivity index (χ0n) is 32.2. The first kappa shape index (κ1) is 38.9. The van der Waals surface area contributed by atoms with Crippen LogP contribution in [0.15, 0.2) is 65.1 Å². The number of fused-ring (bicyclic) bond motifs is 2. The van der Waals surface area contributed by atoms with E-state index in [-0.39, 0.29) is 40.7 Å². The van der Waals surface area contributed by atoms with E-state index in [1.165, 1.54) is 5.39 Å². The van der Waals surface area contributed by atoms with E-state index in [2.05, 4.69) is 77.9 Å². The molecule has 0 radical (unpaired) electrons. The van der Waals surface area contributed by atoms with Gasteiger partial charge in [-0.1, -0.05) is 40.2 Å². The van der Waals surface area contributed by atoms with E-state index in [1.54, 1.807) is 0 Å². The summed E-state index contributed by atoms with van der Waals surface area (Å²) in [6.45, 7) is 28.5. The van der Waals surface area contributed by atoms with E-state index in [0.717, 1.165) is 37.7 Å². The van der Waals surface area contributed by atoms with Crippen molar-refractivity contribution in [3.8, 4) is 0 Å². The number of nitrogens with zero attached hydrogens (tertiary/aromatic N) is 2. The van der Waals surface area contributed by atoms with Gasteiger partial charge in [-0.3, -0.25) is 9.97 Å². The molecule has 12 heteroatoms. The van der Waals surface area contributed by atoms with E-state index in [0.29, 0.717) is 0 Å². The molecule has 5 heterocycles. The smallest absolute Gasteiger partial charge is 0.405 e. The Morgan fingerprint density at radius 2 is 0.820 bits per heavy atom. The molecule has 0 atom stereocenters. The molecular weight excluding hydrogens is 693 g/mol. The minimum absolute atomic E-state index is 0.307. The molecule has 2 aromatic carbocycles. The number of hydrogen-bond acceptors (Lipinski definition) is 8. The third-order valence-electron chi connectivity index (χ3n) is 10.9. The summed E-state index contributed by atoms with van der Waals surface area (Å²) in [7, 11) is -1.27. The molecule has 266 valence electrons. The van der Waals surface area contributed by atoms with Crippen LogP contribution >= 0.6 is 15.9 Å². The van der Waals surface area contributed by atoms with Gasteiger partial charge in [0.1, 0.15) is 0 Å². The van der Waals surface area contributed by atoms with E-state index < -0.39 is 14.0 Å². The quantitative estimate of drug-likeness (QED) is 0.190. The molecule has 0 bridgehead atoms. The second-order valence-electron chi connectivity index (χ2n) is 16.5.